The fourth-order valence-corrected chi connectivity index (χ4v) is 3.20. The van der Waals surface area contributed by atoms with E-state index in [-0.39, 0.29) is 18.4 Å². The normalized spacial score (nSPS) is 14.9. The number of carbonyl (C=O) groups excluding carboxylic acids is 3. The molecule has 0 aliphatic carbocycles. The van der Waals surface area contributed by atoms with E-state index in [4.69, 9.17) is 0 Å². The van der Waals surface area contributed by atoms with E-state index >= 15 is 0 Å². The number of nitrogens with zero attached hydrogens (tertiary/aromatic N) is 3. The Morgan fingerprint density at radius 3 is 2.52 bits per heavy atom. The van der Waals surface area contributed by atoms with Crippen LogP contribution in [0, 0.1) is 5.82 Å². The van der Waals surface area contributed by atoms with Crippen molar-refractivity contribution in [1.29, 1.82) is 0 Å². The van der Waals surface area contributed by atoms with E-state index in [1.807, 2.05) is 0 Å². The van der Waals surface area contributed by atoms with E-state index in [1.165, 1.54) is 41.3 Å². The predicted octanol–water partition coefficient (Wildman–Crippen LogP) is 1.79. The van der Waals surface area contributed by atoms with E-state index < -0.39 is 17.8 Å². The van der Waals surface area contributed by atoms with Crippen LogP contribution in [0.5, 0.6) is 0 Å². The number of hydrogen-bond donors (Lipinski definition) is 2. The van der Waals surface area contributed by atoms with E-state index in [2.05, 4.69) is 15.7 Å². The monoisotopic (exact) mass is 401 g/mol. The Hall–Kier alpha value is -3.23. The summed E-state index contributed by atoms with van der Waals surface area (Å²) < 4.78 is 14.3. The zero-order valence-electron chi connectivity index (χ0n) is 16.2. The van der Waals surface area contributed by atoms with Crippen LogP contribution in [-0.4, -0.2) is 51.5 Å². The summed E-state index contributed by atoms with van der Waals surface area (Å²) in [5.74, 6) is -1.25. The summed E-state index contributed by atoms with van der Waals surface area (Å²) in [4.78, 5) is 38.5. The number of nitrogens with one attached hydrogen (secondary N) is 2. The lowest BCUT2D eigenvalue weighted by Crippen LogP contribution is -2.49. The van der Waals surface area contributed by atoms with Crippen molar-refractivity contribution in [3.8, 4) is 0 Å². The first kappa shape index (κ1) is 20.5. The van der Waals surface area contributed by atoms with Gasteiger partial charge in [0.25, 0.3) is 5.91 Å². The molecular weight excluding hydrogens is 377 g/mol. The van der Waals surface area contributed by atoms with Gasteiger partial charge in [-0.3, -0.25) is 19.1 Å². The minimum absolute atomic E-state index is 0.0780. The van der Waals surface area contributed by atoms with Crippen LogP contribution < -0.4 is 10.6 Å². The van der Waals surface area contributed by atoms with Gasteiger partial charge in [-0.1, -0.05) is 0 Å². The smallest absolute Gasteiger partial charge is 0.255 e. The Balaban J connectivity index is 1.50. The second kappa shape index (κ2) is 9.31. The number of likely N-dealkylation sites (tertiary alicyclic amines) is 1. The number of hydrogen-bond acceptors (Lipinski definition) is 4. The maximum atomic E-state index is 12.9. The number of halogens is 1. The molecule has 3 amide bonds. The van der Waals surface area contributed by atoms with Gasteiger partial charge in [0.1, 0.15) is 18.4 Å². The SMILES string of the molecule is C[C@@H](NC(=O)Cn1cc(NC(=O)c2ccc(F)cc2)cn1)C(=O)N1CCCCC1. The van der Waals surface area contributed by atoms with Crippen LogP contribution in [0.15, 0.2) is 36.7 Å². The highest BCUT2D eigenvalue weighted by atomic mass is 19.1. The number of aromatic nitrogens is 2. The number of carbonyl (C=O) groups is 3. The molecule has 1 saturated heterocycles. The Labute approximate surface area is 168 Å². The van der Waals surface area contributed by atoms with Crippen molar-refractivity contribution >= 4 is 23.4 Å². The van der Waals surface area contributed by atoms with Gasteiger partial charge in [-0.05, 0) is 50.5 Å². The van der Waals surface area contributed by atoms with Gasteiger partial charge in [0, 0.05) is 24.8 Å². The lowest BCUT2D eigenvalue weighted by molar-refractivity contribution is -0.136. The Morgan fingerprint density at radius 2 is 1.83 bits per heavy atom. The molecule has 3 rings (SSSR count). The quantitative estimate of drug-likeness (QED) is 0.771. The van der Waals surface area contributed by atoms with E-state index in [1.54, 1.807) is 11.8 Å². The summed E-state index contributed by atoms with van der Waals surface area (Å²) in [5, 5.41) is 9.37. The van der Waals surface area contributed by atoms with Crippen LogP contribution in [0.3, 0.4) is 0 Å². The Morgan fingerprint density at radius 1 is 1.14 bits per heavy atom. The van der Waals surface area contributed by atoms with Crippen molar-refractivity contribution in [2.24, 2.45) is 0 Å². The zero-order valence-corrected chi connectivity index (χ0v) is 16.2. The Kier molecular flexibility index (Phi) is 6.58. The largest absolute Gasteiger partial charge is 0.343 e. The maximum Gasteiger partial charge on any atom is 0.255 e. The molecule has 0 unspecified atom stereocenters. The van der Waals surface area contributed by atoms with E-state index in [9.17, 15) is 18.8 Å². The van der Waals surface area contributed by atoms with E-state index in [0.717, 1.165) is 32.4 Å². The van der Waals surface area contributed by atoms with Crippen molar-refractivity contribution in [2.45, 2.75) is 38.8 Å². The molecule has 9 heteroatoms. The maximum absolute atomic E-state index is 12.9. The minimum atomic E-state index is -0.603. The van der Waals surface area contributed by atoms with Crippen molar-refractivity contribution < 1.29 is 18.8 Å². The molecule has 0 radical (unpaired) electrons. The number of piperidine rings is 1. The van der Waals surface area contributed by atoms with Crippen molar-refractivity contribution in [2.75, 3.05) is 18.4 Å². The molecule has 1 aromatic carbocycles. The summed E-state index contributed by atoms with van der Waals surface area (Å²) in [6.07, 6.45) is 6.04. The molecule has 2 aromatic rings. The summed E-state index contributed by atoms with van der Waals surface area (Å²) in [6, 6.07) is 4.56. The van der Waals surface area contributed by atoms with Crippen LogP contribution in [0.2, 0.25) is 0 Å². The van der Waals surface area contributed by atoms with Gasteiger partial charge in [0.05, 0.1) is 11.9 Å². The highest BCUT2D eigenvalue weighted by molar-refractivity contribution is 6.04. The molecule has 2 N–H and O–H groups in total. The molecule has 1 aliphatic rings. The van der Waals surface area contributed by atoms with Crippen LogP contribution in [0.4, 0.5) is 10.1 Å². The third kappa shape index (κ3) is 5.63. The van der Waals surface area contributed by atoms with Crippen LogP contribution in [-0.2, 0) is 16.1 Å². The molecule has 2 heterocycles. The molecular formula is C20H24FN5O3. The van der Waals surface area contributed by atoms with E-state index in [0.29, 0.717) is 11.3 Å². The fraction of sp³-hybridized carbons (Fsp3) is 0.400. The van der Waals surface area contributed by atoms with Gasteiger partial charge in [0.2, 0.25) is 11.8 Å². The molecule has 0 spiro atoms. The molecule has 0 saturated carbocycles. The average molecular weight is 401 g/mol. The number of rotatable bonds is 6. The average Bonchev–Trinajstić information content (AvgIpc) is 3.14. The molecule has 29 heavy (non-hydrogen) atoms. The third-order valence-corrected chi connectivity index (χ3v) is 4.72. The third-order valence-electron chi connectivity index (χ3n) is 4.72. The number of amides is 3. The van der Waals surface area contributed by atoms with Crippen LogP contribution in [0.25, 0.3) is 0 Å². The van der Waals surface area contributed by atoms with Gasteiger partial charge >= 0.3 is 0 Å². The topological polar surface area (TPSA) is 96.3 Å². The number of benzene rings is 1. The summed E-state index contributed by atoms with van der Waals surface area (Å²) >= 11 is 0. The summed E-state index contributed by atoms with van der Waals surface area (Å²) in [6.45, 7) is 3.06. The second-order valence-corrected chi connectivity index (χ2v) is 7.06. The standard InChI is InChI=1S/C20H24FN5O3/c1-14(20(29)25-9-3-2-4-10-25)23-18(27)13-26-12-17(11-22-26)24-19(28)15-5-7-16(21)8-6-15/h5-8,11-12,14H,2-4,9-10,13H2,1H3,(H,23,27)(H,24,28)/t14-/m1/s1. The molecule has 1 fully saturated rings. The van der Waals surface area contributed by atoms with Gasteiger partial charge < -0.3 is 15.5 Å². The first-order valence-electron chi connectivity index (χ1n) is 9.60. The van der Waals surface area contributed by atoms with Crippen molar-refractivity contribution in [3.63, 3.8) is 0 Å². The molecule has 1 aromatic heterocycles. The van der Waals surface area contributed by atoms with Crippen molar-refractivity contribution in [3.05, 3.63) is 48.0 Å². The van der Waals surface area contributed by atoms with Crippen LogP contribution in [0.1, 0.15) is 36.5 Å². The van der Waals surface area contributed by atoms with Crippen LogP contribution >= 0.6 is 0 Å². The van der Waals surface area contributed by atoms with Gasteiger partial charge in [0.15, 0.2) is 0 Å². The first-order valence-corrected chi connectivity index (χ1v) is 9.60. The lowest BCUT2D eigenvalue weighted by atomic mass is 10.1. The highest BCUT2D eigenvalue weighted by Gasteiger charge is 2.23. The fourth-order valence-electron chi connectivity index (χ4n) is 3.20. The summed E-state index contributed by atoms with van der Waals surface area (Å²) in [7, 11) is 0. The van der Waals surface area contributed by atoms with Gasteiger partial charge in [-0.2, -0.15) is 5.10 Å². The first-order chi connectivity index (χ1) is 13.9. The molecule has 8 nitrogen and oxygen atoms in total. The Bertz CT molecular complexity index is 874. The summed E-state index contributed by atoms with van der Waals surface area (Å²) in [5.41, 5.74) is 0.714. The molecule has 1 atom stereocenters. The minimum Gasteiger partial charge on any atom is -0.343 e. The predicted molar refractivity (Wildman–Crippen MR) is 105 cm³/mol. The van der Waals surface area contributed by atoms with Gasteiger partial charge in [-0.15, -0.1) is 0 Å². The van der Waals surface area contributed by atoms with Gasteiger partial charge in [-0.25, -0.2) is 4.39 Å². The highest BCUT2D eigenvalue weighted by Crippen LogP contribution is 2.11. The van der Waals surface area contributed by atoms with Crippen molar-refractivity contribution in [1.82, 2.24) is 20.0 Å². The molecule has 0 bridgehead atoms. The molecule has 1 aliphatic heterocycles. The second-order valence-electron chi connectivity index (χ2n) is 7.06. The number of anilines is 1. The lowest BCUT2D eigenvalue weighted by Gasteiger charge is -2.29. The molecule has 154 valence electrons. The zero-order chi connectivity index (χ0) is 20.8.